The molecule has 1 heterocycles. The molecule has 1 atom stereocenters. The summed E-state index contributed by atoms with van der Waals surface area (Å²) in [4.78, 5) is 11.1. The van der Waals surface area contributed by atoms with Crippen LogP contribution in [-0.2, 0) is 21.0 Å². The maximum absolute atomic E-state index is 13.1. The fourth-order valence-corrected chi connectivity index (χ4v) is 5.76. The number of nitrogens with two attached hydrogens (primary N) is 1. The number of rotatable bonds is 6. The van der Waals surface area contributed by atoms with Crippen LogP contribution in [0.1, 0.15) is 22.6 Å². The van der Waals surface area contributed by atoms with E-state index in [9.17, 15) is 26.4 Å². The number of carbonyl (C=O) groups is 1. The molecule has 7 nitrogen and oxygen atoms in total. The number of hydrogen-bond acceptors (Lipinski definition) is 5. The molecular weight excluding hydrogens is 561 g/mol. The molecule has 1 aliphatic rings. The third kappa shape index (κ3) is 6.55. The molecule has 0 bridgehead atoms. The minimum Gasteiger partial charge on any atom is -0.369 e. The first-order chi connectivity index (χ1) is 17.9. The van der Waals surface area contributed by atoms with Crippen molar-refractivity contribution >= 4 is 50.2 Å². The maximum Gasteiger partial charge on any atom is 0.416 e. The first-order valence-electron chi connectivity index (χ1n) is 11.0. The van der Waals surface area contributed by atoms with Gasteiger partial charge in [0.15, 0.2) is 5.17 Å². The van der Waals surface area contributed by atoms with E-state index in [2.05, 4.69) is 9.50 Å². The Bertz CT molecular complexity index is 1480. The Balaban J connectivity index is 1.75. The number of alkyl halides is 3. The van der Waals surface area contributed by atoms with E-state index in [0.717, 1.165) is 35.0 Å². The standard InChI is InChI=1S/C25H20ClF3N4O3S2/c26-19-10-6-17(7-11-19)23-21(16-4-2-1-3-5-16)14-33(31-23)24(37-15-22(30)34)32-38(35,36)20-12-8-18(9-13-20)25(27,28)29/h1-13,21H,14-15H2,(H2,30,34)/b32-24-. The van der Waals surface area contributed by atoms with Crippen LogP contribution in [0, 0.1) is 0 Å². The average molecular weight is 581 g/mol. The van der Waals surface area contributed by atoms with Crippen LogP contribution in [0.15, 0.2) is 93.3 Å². The Kier molecular flexibility index (Phi) is 8.14. The summed E-state index contributed by atoms with van der Waals surface area (Å²) in [6.45, 7) is 0.190. The zero-order chi connectivity index (χ0) is 27.5. The van der Waals surface area contributed by atoms with Crippen molar-refractivity contribution in [3.05, 3.63) is 101 Å². The van der Waals surface area contributed by atoms with Crippen molar-refractivity contribution in [2.75, 3.05) is 12.3 Å². The number of thioether (sulfide) groups is 1. The van der Waals surface area contributed by atoms with Crippen molar-refractivity contribution in [3.63, 3.8) is 0 Å². The number of amidine groups is 1. The van der Waals surface area contributed by atoms with Gasteiger partial charge in [0.1, 0.15) is 0 Å². The summed E-state index contributed by atoms with van der Waals surface area (Å²) < 4.78 is 68.8. The van der Waals surface area contributed by atoms with Crippen molar-refractivity contribution in [3.8, 4) is 0 Å². The summed E-state index contributed by atoms with van der Waals surface area (Å²) in [5, 5.41) is 6.38. The number of benzene rings is 3. The SMILES string of the molecule is NC(=O)CS/C(=N\S(=O)(=O)c1ccc(C(F)(F)F)cc1)N1CC(c2ccccc2)C(c2ccc(Cl)cc2)=N1. The van der Waals surface area contributed by atoms with Gasteiger partial charge in [-0.1, -0.05) is 65.8 Å². The highest BCUT2D eigenvalue weighted by atomic mass is 35.5. The molecule has 3 aromatic carbocycles. The van der Waals surface area contributed by atoms with Gasteiger partial charge in [-0.3, -0.25) is 4.79 Å². The van der Waals surface area contributed by atoms with Gasteiger partial charge in [-0.05, 0) is 47.5 Å². The van der Waals surface area contributed by atoms with Crippen molar-refractivity contribution < 1.29 is 26.4 Å². The molecular formula is C25H20ClF3N4O3S2. The van der Waals surface area contributed by atoms with Crippen molar-refractivity contribution in [1.82, 2.24) is 5.01 Å². The molecule has 0 saturated heterocycles. The largest absolute Gasteiger partial charge is 0.416 e. The first-order valence-corrected chi connectivity index (χ1v) is 13.8. The summed E-state index contributed by atoms with van der Waals surface area (Å²) >= 11 is 6.81. The number of halogens is 4. The molecule has 1 amide bonds. The van der Waals surface area contributed by atoms with E-state index in [1.165, 1.54) is 5.01 Å². The maximum atomic E-state index is 13.1. The normalized spacial score (nSPS) is 16.4. The Morgan fingerprint density at radius 1 is 1.05 bits per heavy atom. The second kappa shape index (κ2) is 11.2. The Hall–Kier alpha value is -3.35. The minimum absolute atomic E-state index is 0.145. The monoisotopic (exact) mass is 580 g/mol. The molecule has 3 aromatic rings. The van der Waals surface area contributed by atoms with Crippen LogP contribution >= 0.6 is 23.4 Å². The highest BCUT2D eigenvalue weighted by Crippen LogP contribution is 2.33. The highest BCUT2D eigenvalue weighted by Gasteiger charge is 2.34. The van der Waals surface area contributed by atoms with Crippen LogP contribution in [0.3, 0.4) is 0 Å². The van der Waals surface area contributed by atoms with Gasteiger partial charge >= 0.3 is 6.18 Å². The van der Waals surface area contributed by atoms with Gasteiger partial charge in [0.05, 0.1) is 28.5 Å². The van der Waals surface area contributed by atoms with Crippen molar-refractivity contribution in [2.24, 2.45) is 15.2 Å². The molecule has 38 heavy (non-hydrogen) atoms. The molecule has 0 radical (unpaired) electrons. The second-order valence-corrected chi connectivity index (χ2v) is 11.1. The molecule has 0 spiro atoms. The fourth-order valence-electron chi connectivity index (χ4n) is 3.70. The van der Waals surface area contributed by atoms with E-state index in [1.807, 2.05) is 30.3 Å². The summed E-state index contributed by atoms with van der Waals surface area (Å²) in [6, 6.07) is 19.4. The minimum atomic E-state index is -4.62. The van der Waals surface area contributed by atoms with Crippen LogP contribution in [0.25, 0.3) is 0 Å². The van der Waals surface area contributed by atoms with Gasteiger partial charge in [-0.2, -0.15) is 26.7 Å². The Labute approximate surface area is 226 Å². The molecule has 0 fully saturated rings. The highest BCUT2D eigenvalue weighted by molar-refractivity contribution is 8.14. The summed E-state index contributed by atoms with van der Waals surface area (Å²) in [7, 11) is -4.46. The van der Waals surface area contributed by atoms with Crippen LogP contribution in [-0.4, -0.2) is 42.5 Å². The first kappa shape index (κ1) is 27.7. The van der Waals surface area contributed by atoms with Gasteiger partial charge in [-0.25, -0.2) is 5.01 Å². The molecule has 0 aliphatic carbocycles. The predicted molar refractivity (Wildman–Crippen MR) is 142 cm³/mol. The summed E-state index contributed by atoms with van der Waals surface area (Å²) in [5.41, 5.74) is 6.57. The zero-order valence-corrected chi connectivity index (χ0v) is 21.9. The number of amides is 1. The van der Waals surface area contributed by atoms with E-state index in [1.54, 1.807) is 24.3 Å². The van der Waals surface area contributed by atoms with E-state index in [0.29, 0.717) is 22.9 Å². The zero-order valence-electron chi connectivity index (χ0n) is 19.5. The predicted octanol–water partition coefficient (Wildman–Crippen LogP) is 5.13. The van der Waals surface area contributed by atoms with Gasteiger partial charge < -0.3 is 5.73 Å². The molecule has 198 valence electrons. The van der Waals surface area contributed by atoms with Crippen molar-refractivity contribution in [2.45, 2.75) is 17.0 Å². The smallest absolute Gasteiger partial charge is 0.369 e. The fraction of sp³-hybridized carbons (Fsp3) is 0.160. The number of nitrogens with zero attached hydrogens (tertiary/aromatic N) is 3. The molecule has 0 aromatic heterocycles. The number of hydrazone groups is 1. The lowest BCUT2D eigenvalue weighted by Gasteiger charge is -2.17. The topological polar surface area (TPSA) is 105 Å². The Morgan fingerprint density at radius 2 is 1.68 bits per heavy atom. The van der Waals surface area contributed by atoms with Crippen LogP contribution < -0.4 is 5.73 Å². The number of sulfonamides is 1. The van der Waals surface area contributed by atoms with Crippen molar-refractivity contribution in [1.29, 1.82) is 0 Å². The molecule has 0 saturated carbocycles. The lowest BCUT2D eigenvalue weighted by Crippen LogP contribution is -2.26. The van der Waals surface area contributed by atoms with Crippen LogP contribution in [0.2, 0.25) is 5.02 Å². The van der Waals surface area contributed by atoms with Gasteiger partial charge in [0.2, 0.25) is 5.91 Å². The molecule has 1 aliphatic heterocycles. The van der Waals surface area contributed by atoms with Gasteiger partial charge in [0.25, 0.3) is 10.0 Å². The van der Waals surface area contributed by atoms with E-state index in [-0.39, 0.29) is 23.4 Å². The number of hydrogen-bond donors (Lipinski definition) is 1. The summed E-state index contributed by atoms with van der Waals surface area (Å²) in [5.74, 6) is -1.29. The lowest BCUT2D eigenvalue weighted by atomic mass is 9.91. The average Bonchev–Trinajstić information content (AvgIpc) is 3.32. The quantitative estimate of drug-likeness (QED) is 0.322. The van der Waals surface area contributed by atoms with Gasteiger partial charge in [0, 0.05) is 10.9 Å². The third-order valence-corrected chi connectivity index (χ3v) is 8.14. The Morgan fingerprint density at radius 3 is 2.26 bits per heavy atom. The van der Waals surface area contributed by atoms with Crippen LogP contribution in [0.4, 0.5) is 13.2 Å². The van der Waals surface area contributed by atoms with Gasteiger partial charge in [-0.15, -0.1) is 4.40 Å². The molecule has 1 unspecified atom stereocenters. The summed E-state index contributed by atoms with van der Waals surface area (Å²) in [6.07, 6.45) is -4.62. The molecule has 4 rings (SSSR count). The number of carbonyl (C=O) groups excluding carboxylic acids is 1. The second-order valence-electron chi connectivity index (χ2n) is 8.16. The number of primary amides is 1. The van der Waals surface area contributed by atoms with E-state index in [4.69, 9.17) is 17.3 Å². The molecule has 2 N–H and O–H groups in total. The third-order valence-electron chi connectivity index (χ3n) is 5.50. The van der Waals surface area contributed by atoms with Crippen LogP contribution in [0.5, 0.6) is 0 Å². The molecule has 13 heteroatoms. The lowest BCUT2D eigenvalue weighted by molar-refractivity contribution is -0.137. The van der Waals surface area contributed by atoms with E-state index < -0.39 is 32.6 Å². The van der Waals surface area contributed by atoms with E-state index >= 15 is 0 Å².